The third-order valence-corrected chi connectivity index (χ3v) is 4.01. The van der Waals surface area contributed by atoms with Crippen LogP contribution < -0.4 is 5.73 Å². The Bertz CT molecular complexity index is 494. The van der Waals surface area contributed by atoms with Gasteiger partial charge in [0.25, 0.3) is 0 Å². The maximum absolute atomic E-state index is 14.1. The van der Waals surface area contributed by atoms with E-state index in [1.807, 2.05) is 24.5 Å². The molecule has 122 valence electrons. The molecule has 0 saturated carbocycles. The molecule has 0 aliphatic heterocycles. The molecule has 2 nitrogen and oxygen atoms in total. The monoisotopic (exact) mass is 304 g/mol. The van der Waals surface area contributed by atoms with Crippen molar-refractivity contribution in [3.63, 3.8) is 0 Å². The van der Waals surface area contributed by atoms with Crippen molar-refractivity contribution < 1.29 is 4.39 Å². The highest BCUT2D eigenvalue weighted by Crippen LogP contribution is 2.24. The van der Waals surface area contributed by atoms with Gasteiger partial charge in [0.2, 0.25) is 0 Å². The van der Waals surface area contributed by atoms with Gasteiger partial charge in [-0.05, 0) is 54.8 Å². The summed E-state index contributed by atoms with van der Waals surface area (Å²) in [5.41, 5.74) is 7.25. The van der Waals surface area contributed by atoms with Crippen LogP contribution >= 0.6 is 0 Å². The van der Waals surface area contributed by atoms with Crippen molar-refractivity contribution in [1.82, 2.24) is 0 Å². The lowest BCUT2D eigenvalue weighted by atomic mass is 9.94. The van der Waals surface area contributed by atoms with Crippen LogP contribution in [0, 0.1) is 11.7 Å². The van der Waals surface area contributed by atoms with E-state index >= 15 is 0 Å². The number of aliphatic imine (C=N–C) groups is 1. The van der Waals surface area contributed by atoms with Gasteiger partial charge in [0.05, 0.1) is 0 Å². The Morgan fingerprint density at radius 3 is 2.73 bits per heavy atom. The second-order valence-corrected chi connectivity index (χ2v) is 5.93. The quantitative estimate of drug-likeness (QED) is 0.651. The zero-order valence-corrected chi connectivity index (χ0v) is 14.1. The fourth-order valence-electron chi connectivity index (χ4n) is 2.24. The van der Waals surface area contributed by atoms with Gasteiger partial charge in [-0.3, -0.25) is 4.99 Å². The number of benzene rings is 1. The van der Waals surface area contributed by atoms with Crippen molar-refractivity contribution in [2.45, 2.75) is 52.4 Å². The van der Waals surface area contributed by atoms with Gasteiger partial charge in [-0.1, -0.05) is 45.4 Å². The van der Waals surface area contributed by atoms with E-state index in [0.29, 0.717) is 12.5 Å². The Hall–Kier alpha value is -1.48. The largest absolute Gasteiger partial charge is 0.330 e. The minimum atomic E-state index is -0.118. The Morgan fingerprint density at radius 2 is 2.09 bits per heavy atom. The topological polar surface area (TPSA) is 38.4 Å². The van der Waals surface area contributed by atoms with E-state index in [2.05, 4.69) is 31.8 Å². The first-order chi connectivity index (χ1) is 10.6. The van der Waals surface area contributed by atoms with Crippen molar-refractivity contribution in [3.8, 4) is 0 Å². The number of rotatable bonds is 9. The molecule has 0 spiro atoms. The van der Waals surface area contributed by atoms with Crippen LogP contribution in [0.3, 0.4) is 0 Å². The maximum Gasteiger partial charge on any atom is 0.126 e. The highest BCUT2D eigenvalue weighted by molar-refractivity contribution is 5.58. The molecule has 0 radical (unpaired) electrons. The van der Waals surface area contributed by atoms with Crippen molar-refractivity contribution in [3.05, 3.63) is 47.4 Å². The predicted octanol–water partition coefficient (Wildman–Crippen LogP) is 4.84. The first-order valence-electron chi connectivity index (χ1n) is 8.25. The molecule has 0 fully saturated rings. The number of hydrogen-bond acceptors (Lipinski definition) is 2. The van der Waals surface area contributed by atoms with Crippen molar-refractivity contribution in [1.29, 1.82) is 0 Å². The molecule has 2 atom stereocenters. The molecule has 0 bridgehead atoms. The van der Waals surface area contributed by atoms with E-state index in [1.165, 1.54) is 0 Å². The summed E-state index contributed by atoms with van der Waals surface area (Å²) in [5.74, 6) is 0.640. The normalized spacial score (nSPS) is 14.8. The summed E-state index contributed by atoms with van der Waals surface area (Å²) in [6, 6.07) is 5.48. The molecule has 1 rings (SSSR count). The van der Waals surface area contributed by atoms with E-state index in [0.717, 1.165) is 36.8 Å². The van der Waals surface area contributed by atoms with Crippen LogP contribution in [0.1, 0.15) is 57.1 Å². The summed E-state index contributed by atoms with van der Waals surface area (Å²) < 4.78 is 14.1. The molecule has 2 unspecified atom stereocenters. The minimum absolute atomic E-state index is 0.118. The summed E-state index contributed by atoms with van der Waals surface area (Å²) in [7, 11) is 0. The van der Waals surface area contributed by atoms with Gasteiger partial charge in [-0.15, -0.1) is 0 Å². The average Bonchev–Trinajstić information content (AvgIpc) is 2.50. The maximum atomic E-state index is 14.1. The molecule has 0 aliphatic carbocycles. The highest BCUT2D eigenvalue weighted by Gasteiger charge is 2.10. The molecule has 0 aliphatic rings. The summed E-state index contributed by atoms with van der Waals surface area (Å²) in [5, 5.41) is 0. The molecule has 3 heteroatoms. The van der Waals surface area contributed by atoms with Crippen LogP contribution in [0.5, 0.6) is 0 Å². The van der Waals surface area contributed by atoms with Gasteiger partial charge < -0.3 is 5.73 Å². The lowest BCUT2D eigenvalue weighted by Crippen LogP contribution is -2.04. The van der Waals surface area contributed by atoms with Crippen LogP contribution in [0.15, 0.2) is 35.5 Å². The van der Waals surface area contributed by atoms with E-state index in [4.69, 9.17) is 5.73 Å². The lowest BCUT2D eigenvalue weighted by molar-refractivity contribution is 0.577. The summed E-state index contributed by atoms with van der Waals surface area (Å²) in [6.07, 6.45) is 9.49. The van der Waals surface area contributed by atoms with Crippen LogP contribution in [-0.2, 0) is 6.42 Å². The zero-order chi connectivity index (χ0) is 16.4. The Kier molecular flexibility index (Phi) is 8.68. The Labute approximate surface area is 134 Å². The molecular weight excluding hydrogens is 275 g/mol. The van der Waals surface area contributed by atoms with Gasteiger partial charge in [0, 0.05) is 12.4 Å². The van der Waals surface area contributed by atoms with Gasteiger partial charge in [0.15, 0.2) is 0 Å². The molecule has 0 amide bonds. The second-order valence-electron chi connectivity index (χ2n) is 5.93. The van der Waals surface area contributed by atoms with E-state index in [9.17, 15) is 4.39 Å². The molecule has 0 saturated heterocycles. The standard InChI is InChI=1S/C19H29FN2/c1-4-15(2)10-13-22-12-5-6-16(3)18-8-7-17(9-11-21)14-19(18)20/h7-8,10,12-16H,4-6,9,11,21H2,1-3H3/b13-10-,22-12?. The fraction of sp³-hybridized carbons (Fsp3) is 0.526. The SMILES string of the molecule is CCC(C)/C=C\N=CCCC(C)c1ccc(CCN)cc1F. The molecule has 2 N–H and O–H groups in total. The third-order valence-electron chi connectivity index (χ3n) is 4.01. The van der Waals surface area contributed by atoms with Gasteiger partial charge in [0.1, 0.15) is 5.82 Å². The second kappa shape index (κ2) is 10.3. The molecular formula is C19H29FN2. The summed E-state index contributed by atoms with van der Waals surface area (Å²) in [4.78, 5) is 4.27. The summed E-state index contributed by atoms with van der Waals surface area (Å²) >= 11 is 0. The van der Waals surface area contributed by atoms with E-state index < -0.39 is 0 Å². The Balaban J connectivity index is 2.47. The summed E-state index contributed by atoms with van der Waals surface area (Å²) in [6.45, 7) is 6.94. The van der Waals surface area contributed by atoms with Crippen molar-refractivity contribution in [2.75, 3.05) is 6.54 Å². The number of allylic oxidation sites excluding steroid dienone is 1. The number of nitrogens with zero attached hydrogens (tertiary/aromatic N) is 1. The van der Waals surface area contributed by atoms with Gasteiger partial charge in [-0.2, -0.15) is 0 Å². The lowest BCUT2D eigenvalue weighted by Gasteiger charge is -2.12. The van der Waals surface area contributed by atoms with Crippen LogP contribution in [0.4, 0.5) is 4.39 Å². The van der Waals surface area contributed by atoms with E-state index in [-0.39, 0.29) is 11.7 Å². The van der Waals surface area contributed by atoms with Crippen molar-refractivity contribution >= 4 is 6.21 Å². The first-order valence-corrected chi connectivity index (χ1v) is 8.25. The zero-order valence-electron chi connectivity index (χ0n) is 14.1. The number of nitrogens with two attached hydrogens (primary N) is 1. The molecule has 1 aromatic rings. The van der Waals surface area contributed by atoms with Crippen LogP contribution in [-0.4, -0.2) is 12.8 Å². The number of hydrogen-bond donors (Lipinski definition) is 1. The molecule has 0 heterocycles. The number of halogens is 1. The predicted molar refractivity (Wildman–Crippen MR) is 93.9 cm³/mol. The molecule has 1 aromatic carbocycles. The van der Waals surface area contributed by atoms with E-state index in [1.54, 1.807) is 6.07 Å². The molecule has 0 aromatic heterocycles. The van der Waals surface area contributed by atoms with Crippen LogP contribution in [0.2, 0.25) is 0 Å². The van der Waals surface area contributed by atoms with Crippen LogP contribution in [0.25, 0.3) is 0 Å². The van der Waals surface area contributed by atoms with Crippen molar-refractivity contribution in [2.24, 2.45) is 16.6 Å². The minimum Gasteiger partial charge on any atom is -0.330 e. The third kappa shape index (κ3) is 6.52. The molecule has 22 heavy (non-hydrogen) atoms. The van der Waals surface area contributed by atoms with Gasteiger partial charge in [-0.25, -0.2) is 4.39 Å². The first kappa shape index (κ1) is 18.6. The smallest absolute Gasteiger partial charge is 0.126 e. The highest BCUT2D eigenvalue weighted by atomic mass is 19.1. The average molecular weight is 304 g/mol. The van der Waals surface area contributed by atoms with Gasteiger partial charge >= 0.3 is 0 Å². The Morgan fingerprint density at radius 1 is 1.32 bits per heavy atom. The fourth-order valence-corrected chi connectivity index (χ4v) is 2.24.